The molecule has 1 atom stereocenters. The Balaban J connectivity index is 1.73. The summed E-state index contributed by atoms with van der Waals surface area (Å²) in [4.78, 5) is 6.52. The van der Waals surface area contributed by atoms with E-state index >= 15 is 8.78 Å². The summed E-state index contributed by atoms with van der Waals surface area (Å²) < 4.78 is 97.2. The van der Waals surface area contributed by atoms with Crippen LogP contribution in [-0.2, 0) is 16.6 Å². The van der Waals surface area contributed by atoms with Crippen molar-refractivity contribution >= 4 is 21.5 Å². The molecule has 0 bridgehead atoms. The molecule has 0 amide bonds. The summed E-state index contributed by atoms with van der Waals surface area (Å²) in [5, 5.41) is 2.67. The molecule has 4 rings (SSSR count). The van der Waals surface area contributed by atoms with Crippen molar-refractivity contribution in [3.8, 4) is 11.5 Å². The number of aromatic nitrogens is 2. The fraction of sp³-hybridized carbons (Fsp3) is 0.185. The van der Waals surface area contributed by atoms with E-state index in [4.69, 9.17) is 9.47 Å². The van der Waals surface area contributed by atoms with Gasteiger partial charge in [-0.15, -0.1) is 0 Å². The van der Waals surface area contributed by atoms with Crippen molar-refractivity contribution in [3.05, 3.63) is 102 Å². The number of methoxy groups -OCH3 is 2. The first-order chi connectivity index (χ1) is 19.0. The number of nitrogens with zero attached hydrogens (tertiary/aromatic N) is 3. The number of benzene rings is 3. The number of halogens is 4. The highest BCUT2D eigenvalue weighted by atomic mass is 32.2. The van der Waals surface area contributed by atoms with E-state index in [1.54, 1.807) is 12.1 Å². The molecule has 0 saturated heterocycles. The second-order valence-electron chi connectivity index (χ2n) is 8.56. The maximum Gasteiger partial charge on any atom is 0.271 e. The zero-order valence-corrected chi connectivity index (χ0v) is 22.3. The number of hydrogen-bond donors (Lipinski definition) is 1. The third-order valence-electron chi connectivity index (χ3n) is 5.98. The minimum Gasteiger partial charge on any atom is -0.497 e. The molecule has 0 aliphatic heterocycles. The molecule has 4 aromatic rings. The molecular formula is C27H24F4N4O4S. The van der Waals surface area contributed by atoms with Crippen LogP contribution in [0.5, 0.6) is 11.5 Å². The Morgan fingerprint density at radius 3 is 2.27 bits per heavy atom. The van der Waals surface area contributed by atoms with Crippen molar-refractivity contribution in [2.24, 2.45) is 0 Å². The Hall–Kier alpha value is -4.39. The van der Waals surface area contributed by atoms with Crippen molar-refractivity contribution in [1.82, 2.24) is 9.97 Å². The second kappa shape index (κ2) is 11.8. The molecule has 13 heteroatoms. The van der Waals surface area contributed by atoms with Gasteiger partial charge in [-0.3, -0.25) is 0 Å². The summed E-state index contributed by atoms with van der Waals surface area (Å²) in [6.45, 7) is 1.05. The zero-order valence-electron chi connectivity index (χ0n) is 21.5. The number of ether oxygens (including phenoxy) is 2. The van der Waals surface area contributed by atoms with Gasteiger partial charge in [0.15, 0.2) is 4.90 Å². The van der Waals surface area contributed by atoms with E-state index < -0.39 is 50.8 Å². The number of anilines is 2. The van der Waals surface area contributed by atoms with Crippen LogP contribution in [0.2, 0.25) is 0 Å². The van der Waals surface area contributed by atoms with Crippen molar-refractivity contribution < 1.29 is 35.5 Å². The lowest BCUT2D eigenvalue weighted by Gasteiger charge is -2.25. The largest absolute Gasteiger partial charge is 0.497 e. The van der Waals surface area contributed by atoms with Gasteiger partial charge in [0.25, 0.3) is 10.0 Å². The predicted molar refractivity (Wildman–Crippen MR) is 140 cm³/mol. The molecule has 0 fully saturated rings. The summed E-state index contributed by atoms with van der Waals surface area (Å²) in [6, 6.07) is 9.36. The Morgan fingerprint density at radius 1 is 0.925 bits per heavy atom. The maximum absolute atomic E-state index is 15.4. The monoisotopic (exact) mass is 576 g/mol. The van der Waals surface area contributed by atoms with Crippen LogP contribution in [0.4, 0.5) is 29.1 Å². The topological polar surface area (TPSA) is 93.7 Å². The lowest BCUT2D eigenvalue weighted by Crippen LogP contribution is -2.33. The molecule has 40 heavy (non-hydrogen) atoms. The molecular weight excluding hydrogens is 552 g/mol. The smallest absolute Gasteiger partial charge is 0.271 e. The Kier molecular flexibility index (Phi) is 8.43. The van der Waals surface area contributed by atoms with Gasteiger partial charge in [-0.05, 0) is 49.4 Å². The summed E-state index contributed by atoms with van der Waals surface area (Å²) in [5.41, 5.74) is 0.0898. The normalized spacial score (nSPS) is 12.1. The Morgan fingerprint density at radius 2 is 1.65 bits per heavy atom. The zero-order chi connectivity index (χ0) is 29.0. The van der Waals surface area contributed by atoms with Crippen LogP contribution >= 0.6 is 0 Å². The average molecular weight is 577 g/mol. The minimum absolute atomic E-state index is 0.0825. The first-order valence-corrected chi connectivity index (χ1v) is 13.2. The van der Waals surface area contributed by atoms with E-state index in [-0.39, 0.29) is 22.8 Å². The highest BCUT2D eigenvalue weighted by molar-refractivity contribution is 7.92. The summed E-state index contributed by atoms with van der Waals surface area (Å²) in [5.74, 6) is -3.66. The molecule has 3 aromatic carbocycles. The van der Waals surface area contributed by atoms with Gasteiger partial charge in [0.05, 0.1) is 26.8 Å². The van der Waals surface area contributed by atoms with Gasteiger partial charge in [0.1, 0.15) is 46.9 Å². The quantitative estimate of drug-likeness (QED) is 0.245. The van der Waals surface area contributed by atoms with Crippen LogP contribution in [0.25, 0.3) is 0 Å². The van der Waals surface area contributed by atoms with Crippen LogP contribution in [-0.4, -0.2) is 32.6 Å². The highest BCUT2D eigenvalue weighted by Crippen LogP contribution is 2.33. The number of nitrogens with one attached hydrogen (secondary N) is 1. The van der Waals surface area contributed by atoms with Gasteiger partial charge in [0, 0.05) is 35.1 Å². The van der Waals surface area contributed by atoms with Gasteiger partial charge < -0.3 is 14.8 Å². The molecule has 1 N–H and O–H groups in total. The number of sulfonamides is 1. The SMILES string of the molecule is COc1ccc(CN(c2ccncn2)S(=O)(=O)c2c(F)cc(N[C@@H](C)c3cc(F)ccc3F)cc2F)c(OC)c1. The molecule has 0 aliphatic carbocycles. The molecule has 0 radical (unpaired) electrons. The first kappa shape index (κ1) is 28.6. The molecule has 210 valence electrons. The van der Waals surface area contributed by atoms with Crippen molar-refractivity contribution in [2.45, 2.75) is 24.4 Å². The van der Waals surface area contributed by atoms with Gasteiger partial charge >= 0.3 is 0 Å². The molecule has 8 nitrogen and oxygen atoms in total. The van der Waals surface area contributed by atoms with E-state index in [0.717, 1.165) is 41.0 Å². The van der Waals surface area contributed by atoms with E-state index in [2.05, 4.69) is 15.3 Å². The third-order valence-corrected chi connectivity index (χ3v) is 7.79. The highest BCUT2D eigenvalue weighted by Gasteiger charge is 2.33. The van der Waals surface area contributed by atoms with Gasteiger partial charge in [-0.1, -0.05) is 0 Å². The van der Waals surface area contributed by atoms with E-state index in [1.807, 2.05) is 0 Å². The molecule has 1 heterocycles. The Bertz CT molecular complexity index is 1600. The van der Waals surface area contributed by atoms with Crippen LogP contribution in [0.1, 0.15) is 24.1 Å². The van der Waals surface area contributed by atoms with Crippen LogP contribution in [0.15, 0.2) is 72.0 Å². The summed E-state index contributed by atoms with van der Waals surface area (Å²) in [6.07, 6.45) is 2.37. The molecule has 0 aliphatic rings. The first-order valence-electron chi connectivity index (χ1n) is 11.7. The maximum atomic E-state index is 15.4. The fourth-order valence-electron chi connectivity index (χ4n) is 4.03. The summed E-state index contributed by atoms with van der Waals surface area (Å²) in [7, 11) is -2.07. The Labute approximate surface area is 228 Å². The van der Waals surface area contributed by atoms with Crippen LogP contribution in [0, 0.1) is 23.3 Å². The minimum atomic E-state index is -4.90. The number of rotatable bonds is 10. The van der Waals surface area contributed by atoms with Gasteiger partial charge in [0.2, 0.25) is 0 Å². The third kappa shape index (κ3) is 5.93. The van der Waals surface area contributed by atoms with Gasteiger partial charge in [-0.2, -0.15) is 0 Å². The second-order valence-corrected chi connectivity index (χ2v) is 10.4. The fourth-order valence-corrected chi connectivity index (χ4v) is 5.53. The summed E-state index contributed by atoms with van der Waals surface area (Å²) >= 11 is 0. The molecule has 1 aromatic heterocycles. The van der Waals surface area contributed by atoms with E-state index in [0.29, 0.717) is 11.3 Å². The van der Waals surface area contributed by atoms with Crippen molar-refractivity contribution in [1.29, 1.82) is 0 Å². The predicted octanol–water partition coefficient (Wildman–Crippen LogP) is 5.62. The molecule has 0 saturated carbocycles. The average Bonchev–Trinajstić information content (AvgIpc) is 2.92. The van der Waals surface area contributed by atoms with Crippen molar-refractivity contribution in [3.63, 3.8) is 0 Å². The number of hydrogen-bond acceptors (Lipinski definition) is 7. The standard InChI is InChI=1S/C27H24F4N4O4S/c1-16(21-10-18(28)5-7-22(21)29)34-19-11-23(30)27(24(31)12-19)40(36,37)35(26-8-9-32-15-33-26)14-17-4-6-20(38-2)13-25(17)39-3/h4-13,15-16,34H,14H2,1-3H3/t16-/m0/s1. The van der Waals surface area contributed by atoms with E-state index in [9.17, 15) is 17.2 Å². The molecule has 0 unspecified atom stereocenters. The van der Waals surface area contributed by atoms with Gasteiger partial charge in [-0.25, -0.2) is 40.3 Å². The lowest BCUT2D eigenvalue weighted by molar-refractivity contribution is 0.391. The van der Waals surface area contributed by atoms with Crippen molar-refractivity contribution in [2.75, 3.05) is 23.8 Å². The van der Waals surface area contributed by atoms with Crippen LogP contribution in [0.3, 0.4) is 0 Å². The lowest BCUT2D eigenvalue weighted by atomic mass is 10.1. The molecule has 0 spiro atoms. The van der Waals surface area contributed by atoms with Crippen LogP contribution < -0.4 is 19.1 Å². The van der Waals surface area contributed by atoms with E-state index in [1.165, 1.54) is 39.5 Å².